The van der Waals surface area contributed by atoms with Crippen LogP contribution in [0.25, 0.3) is 0 Å². The van der Waals surface area contributed by atoms with Gasteiger partial charge in [0.15, 0.2) is 0 Å². The molecule has 2 saturated heterocycles. The molecule has 4 fully saturated rings. The summed E-state index contributed by atoms with van der Waals surface area (Å²) in [6.07, 6.45) is 7.68. The Morgan fingerprint density at radius 1 is 1.11 bits per heavy atom. The number of carbonyl (C=O) groups excluding carboxylic acids is 1. The minimum Gasteiger partial charge on any atom is -0.338 e. The van der Waals surface area contributed by atoms with Gasteiger partial charge in [0.1, 0.15) is 0 Å². The molecule has 5 atom stereocenters. The summed E-state index contributed by atoms with van der Waals surface area (Å²) in [5.41, 5.74) is 0. The smallest absolute Gasteiger partial charge is 0.223 e. The van der Waals surface area contributed by atoms with E-state index in [4.69, 9.17) is 0 Å². The minimum atomic E-state index is 0.462. The van der Waals surface area contributed by atoms with Gasteiger partial charge in [0, 0.05) is 32.1 Å². The molecule has 3 heteroatoms. The summed E-state index contributed by atoms with van der Waals surface area (Å²) in [5, 5.41) is 3.44. The summed E-state index contributed by atoms with van der Waals surface area (Å²) in [6.45, 7) is 3.19. The summed E-state index contributed by atoms with van der Waals surface area (Å²) in [5.74, 6) is 3.79. The number of rotatable bonds is 2. The zero-order chi connectivity index (χ0) is 12.1. The van der Waals surface area contributed by atoms with Crippen molar-refractivity contribution in [3.63, 3.8) is 0 Å². The van der Waals surface area contributed by atoms with Crippen LogP contribution in [0.4, 0.5) is 0 Å². The van der Waals surface area contributed by atoms with Crippen LogP contribution in [-0.4, -0.2) is 36.5 Å². The van der Waals surface area contributed by atoms with Crippen molar-refractivity contribution in [3.8, 4) is 0 Å². The normalized spacial score (nSPS) is 45.8. The second-order valence-electron chi connectivity index (χ2n) is 7.00. The fraction of sp³-hybridized carbons (Fsp3) is 0.933. The van der Waals surface area contributed by atoms with E-state index in [1.54, 1.807) is 0 Å². The van der Waals surface area contributed by atoms with Crippen molar-refractivity contribution in [1.29, 1.82) is 0 Å². The maximum absolute atomic E-state index is 12.5. The van der Waals surface area contributed by atoms with Gasteiger partial charge in [0.25, 0.3) is 0 Å². The largest absolute Gasteiger partial charge is 0.338 e. The molecular formula is C15H24N2O. The highest BCUT2D eigenvalue weighted by molar-refractivity contribution is 5.77. The van der Waals surface area contributed by atoms with E-state index in [0.29, 0.717) is 11.9 Å². The van der Waals surface area contributed by atoms with Crippen LogP contribution in [0.3, 0.4) is 0 Å². The zero-order valence-electron chi connectivity index (χ0n) is 11.1. The lowest BCUT2D eigenvalue weighted by Gasteiger charge is -2.27. The van der Waals surface area contributed by atoms with Crippen LogP contribution in [0.1, 0.15) is 38.5 Å². The number of hydrogen-bond acceptors (Lipinski definition) is 2. The maximum atomic E-state index is 12.5. The number of likely N-dealkylation sites (tertiary alicyclic amines) is 1. The Hall–Kier alpha value is -0.570. The van der Waals surface area contributed by atoms with E-state index in [0.717, 1.165) is 49.7 Å². The maximum Gasteiger partial charge on any atom is 0.223 e. The number of carbonyl (C=O) groups is 1. The molecule has 0 spiro atoms. The first-order valence-corrected chi connectivity index (χ1v) is 7.81. The van der Waals surface area contributed by atoms with E-state index >= 15 is 0 Å². The Morgan fingerprint density at radius 2 is 2.06 bits per heavy atom. The molecule has 4 aliphatic rings. The Balaban J connectivity index is 1.39. The SMILES string of the molecule is O=C(CC1CC2CCC1C2)N1CC[C@@H]2CNC[C@@H]21. The summed E-state index contributed by atoms with van der Waals surface area (Å²) in [6, 6.07) is 0.524. The molecule has 1 amide bonds. The highest BCUT2D eigenvalue weighted by Gasteiger charge is 2.43. The number of fused-ring (bicyclic) bond motifs is 3. The van der Waals surface area contributed by atoms with Crippen molar-refractivity contribution < 1.29 is 4.79 Å². The van der Waals surface area contributed by atoms with Gasteiger partial charge in [-0.05, 0) is 49.4 Å². The Morgan fingerprint density at radius 3 is 2.83 bits per heavy atom. The van der Waals surface area contributed by atoms with Crippen molar-refractivity contribution in [2.24, 2.45) is 23.7 Å². The Labute approximate surface area is 109 Å². The minimum absolute atomic E-state index is 0.462. The van der Waals surface area contributed by atoms with Crippen LogP contribution in [-0.2, 0) is 4.79 Å². The first kappa shape index (κ1) is 11.3. The van der Waals surface area contributed by atoms with Gasteiger partial charge >= 0.3 is 0 Å². The number of nitrogens with zero attached hydrogens (tertiary/aromatic N) is 1. The van der Waals surface area contributed by atoms with Gasteiger partial charge in [-0.15, -0.1) is 0 Å². The summed E-state index contributed by atoms with van der Waals surface area (Å²) in [7, 11) is 0. The molecule has 0 aromatic rings. The topological polar surface area (TPSA) is 32.3 Å². The second kappa shape index (κ2) is 4.22. The molecule has 100 valence electrons. The lowest BCUT2D eigenvalue weighted by Crippen LogP contribution is -2.40. The first-order valence-electron chi connectivity index (χ1n) is 7.81. The number of amides is 1. The fourth-order valence-corrected chi connectivity index (χ4v) is 5.13. The number of hydrogen-bond donors (Lipinski definition) is 1. The average molecular weight is 248 g/mol. The molecule has 0 aromatic heterocycles. The highest BCUT2D eigenvalue weighted by atomic mass is 16.2. The third-order valence-electron chi connectivity index (χ3n) is 6.09. The molecule has 2 aliphatic carbocycles. The summed E-state index contributed by atoms with van der Waals surface area (Å²) < 4.78 is 0. The number of nitrogens with one attached hydrogen (secondary N) is 1. The molecule has 2 bridgehead atoms. The second-order valence-corrected chi connectivity index (χ2v) is 7.00. The van der Waals surface area contributed by atoms with Crippen LogP contribution in [0.5, 0.6) is 0 Å². The van der Waals surface area contributed by atoms with Gasteiger partial charge in [-0.3, -0.25) is 4.79 Å². The molecule has 2 heterocycles. The van der Waals surface area contributed by atoms with Gasteiger partial charge in [-0.2, -0.15) is 0 Å². The van der Waals surface area contributed by atoms with Crippen molar-refractivity contribution in [3.05, 3.63) is 0 Å². The Kier molecular flexibility index (Phi) is 2.65. The van der Waals surface area contributed by atoms with Crippen LogP contribution >= 0.6 is 0 Å². The van der Waals surface area contributed by atoms with Gasteiger partial charge in [-0.1, -0.05) is 6.42 Å². The molecule has 4 rings (SSSR count). The van der Waals surface area contributed by atoms with E-state index in [9.17, 15) is 4.79 Å². The van der Waals surface area contributed by atoms with Crippen molar-refractivity contribution in [2.45, 2.75) is 44.6 Å². The van der Waals surface area contributed by atoms with E-state index < -0.39 is 0 Å². The lowest BCUT2D eigenvalue weighted by atomic mass is 9.86. The van der Waals surface area contributed by atoms with Gasteiger partial charge in [0.05, 0.1) is 0 Å². The lowest BCUT2D eigenvalue weighted by molar-refractivity contribution is -0.133. The van der Waals surface area contributed by atoms with Crippen molar-refractivity contribution in [1.82, 2.24) is 10.2 Å². The van der Waals surface area contributed by atoms with Gasteiger partial charge < -0.3 is 10.2 Å². The molecule has 0 aromatic carbocycles. The highest BCUT2D eigenvalue weighted by Crippen LogP contribution is 2.49. The van der Waals surface area contributed by atoms with Gasteiger partial charge in [0.2, 0.25) is 5.91 Å². The van der Waals surface area contributed by atoms with Crippen molar-refractivity contribution >= 4 is 5.91 Å². The molecule has 18 heavy (non-hydrogen) atoms. The predicted octanol–water partition coefficient (Wildman–Crippen LogP) is 1.63. The van der Waals surface area contributed by atoms with E-state index in [2.05, 4.69) is 10.2 Å². The molecule has 3 unspecified atom stereocenters. The van der Waals surface area contributed by atoms with Crippen LogP contribution in [0.15, 0.2) is 0 Å². The summed E-state index contributed by atoms with van der Waals surface area (Å²) in [4.78, 5) is 14.7. The fourth-order valence-electron chi connectivity index (χ4n) is 5.13. The third-order valence-corrected chi connectivity index (χ3v) is 6.09. The quantitative estimate of drug-likeness (QED) is 0.805. The zero-order valence-corrected chi connectivity index (χ0v) is 11.1. The molecule has 0 radical (unpaired) electrons. The molecule has 2 aliphatic heterocycles. The molecule has 3 nitrogen and oxygen atoms in total. The van der Waals surface area contributed by atoms with E-state index in [1.165, 1.54) is 32.1 Å². The van der Waals surface area contributed by atoms with E-state index in [-0.39, 0.29) is 0 Å². The monoisotopic (exact) mass is 248 g/mol. The van der Waals surface area contributed by atoms with Gasteiger partial charge in [-0.25, -0.2) is 0 Å². The van der Waals surface area contributed by atoms with Crippen LogP contribution in [0, 0.1) is 23.7 Å². The standard InChI is InChI=1S/C15H24N2O/c18-15(7-13-6-10-1-2-11(13)5-10)17-4-3-12-8-16-9-14(12)17/h10-14,16H,1-9H2/t10?,11?,12-,13?,14+/m1/s1. The van der Waals surface area contributed by atoms with E-state index in [1.807, 2.05) is 0 Å². The summed E-state index contributed by atoms with van der Waals surface area (Å²) >= 11 is 0. The average Bonchev–Trinajstić information content (AvgIpc) is 3.09. The molecular weight excluding hydrogens is 224 g/mol. The molecule has 1 N–H and O–H groups in total. The third kappa shape index (κ3) is 1.70. The van der Waals surface area contributed by atoms with Crippen LogP contribution < -0.4 is 5.32 Å². The Bertz CT molecular complexity index is 356. The predicted molar refractivity (Wildman–Crippen MR) is 70.0 cm³/mol. The molecule has 2 saturated carbocycles. The van der Waals surface area contributed by atoms with Crippen molar-refractivity contribution in [2.75, 3.05) is 19.6 Å². The van der Waals surface area contributed by atoms with Crippen LogP contribution in [0.2, 0.25) is 0 Å². The first-order chi connectivity index (χ1) is 8.81.